The van der Waals surface area contributed by atoms with Crippen LogP contribution in [-0.2, 0) is 24.1 Å². The lowest BCUT2D eigenvalue weighted by Gasteiger charge is -2.17. The van der Waals surface area contributed by atoms with Crippen LogP contribution in [0.5, 0.6) is 0 Å². The first-order valence-electron chi connectivity index (χ1n) is 6.54. The summed E-state index contributed by atoms with van der Waals surface area (Å²) >= 11 is 0. The molecule has 10 heteroatoms. The highest BCUT2D eigenvalue weighted by Gasteiger charge is 2.29. The number of anilines is 1. The van der Waals surface area contributed by atoms with Gasteiger partial charge in [-0.1, -0.05) is 29.8 Å². The molecule has 0 atom stereocenters. The summed E-state index contributed by atoms with van der Waals surface area (Å²) in [7, 11) is -9.42. The van der Waals surface area contributed by atoms with E-state index in [0.717, 1.165) is 17.7 Å². The lowest BCUT2D eigenvalue weighted by molar-refractivity contribution is 0.112. The van der Waals surface area contributed by atoms with Crippen molar-refractivity contribution in [1.82, 2.24) is 0 Å². The van der Waals surface area contributed by atoms with E-state index < -0.39 is 25.3 Å². The average Bonchev–Trinajstić information content (AvgIpc) is 2.54. The molecule has 0 aliphatic rings. The number of rotatable bonds is 6. The molecule has 0 spiro atoms. The number of aldehydes is 1. The zero-order valence-corrected chi connectivity index (χ0v) is 14.1. The first kappa shape index (κ1) is 18.1. The molecule has 2 rings (SSSR count). The fourth-order valence-corrected chi connectivity index (χ4v) is 4.05. The summed E-state index contributed by atoms with van der Waals surface area (Å²) in [5.74, 6) is 5.46. The quantitative estimate of drug-likeness (QED) is 0.459. The van der Waals surface area contributed by atoms with Crippen molar-refractivity contribution in [2.75, 3.05) is 4.41 Å². The highest BCUT2D eigenvalue weighted by molar-refractivity contribution is 8.00. The molecular weight excluding hydrogens is 356 g/mol. The summed E-state index contributed by atoms with van der Waals surface area (Å²) in [6.07, 6.45) is 0.521. The Labute approximate surface area is 139 Å². The number of hydrogen-bond acceptors (Lipinski definition) is 7. The van der Waals surface area contributed by atoms with Crippen molar-refractivity contribution in [3.8, 4) is 0 Å². The van der Waals surface area contributed by atoms with Gasteiger partial charge in [0.25, 0.3) is 0 Å². The molecule has 128 valence electrons. The van der Waals surface area contributed by atoms with E-state index in [4.69, 9.17) is 5.84 Å². The van der Waals surface area contributed by atoms with Gasteiger partial charge in [-0.05, 0) is 31.2 Å². The highest BCUT2D eigenvalue weighted by atomic mass is 32.3. The Morgan fingerprint density at radius 3 is 2.00 bits per heavy atom. The molecule has 0 radical (unpaired) electrons. The third kappa shape index (κ3) is 3.97. The molecule has 2 aromatic carbocycles. The van der Waals surface area contributed by atoms with Crippen LogP contribution in [0.4, 0.5) is 5.69 Å². The van der Waals surface area contributed by atoms with Crippen molar-refractivity contribution in [3.05, 3.63) is 59.7 Å². The van der Waals surface area contributed by atoms with E-state index in [1.54, 1.807) is 19.1 Å². The van der Waals surface area contributed by atoms with Gasteiger partial charge in [0, 0.05) is 5.56 Å². The molecule has 0 unspecified atom stereocenters. The molecule has 0 aliphatic carbocycles. The van der Waals surface area contributed by atoms with E-state index in [0.29, 0.717) is 6.29 Å². The molecule has 0 amide bonds. The fourth-order valence-electron chi connectivity index (χ4n) is 1.72. The zero-order chi connectivity index (χ0) is 18.0. The first-order chi connectivity index (χ1) is 11.2. The van der Waals surface area contributed by atoms with Crippen LogP contribution in [0.2, 0.25) is 0 Å². The number of benzene rings is 2. The minimum atomic E-state index is -4.79. The summed E-state index contributed by atoms with van der Waals surface area (Å²) in [5.41, 5.74) is 1.14. The van der Waals surface area contributed by atoms with Gasteiger partial charge < -0.3 is 0 Å². The predicted octanol–water partition coefficient (Wildman–Crippen LogP) is 1.14. The van der Waals surface area contributed by atoms with Gasteiger partial charge in [0.05, 0.1) is 10.6 Å². The van der Waals surface area contributed by atoms with Crippen molar-refractivity contribution in [3.63, 3.8) is 0 Å². The molecule has 0 bridgehead atoms. The van der Waals surface area contributed by atoms with Gasteiger partial charge in [-0.3, -0.25) is 4.79 Å². The SMILES string of the molecule is Cc1ccc(N(N)S(=O)(=O)OS(=O)(=O)c2ccc(C=O)cc2)cc1. The molecule has 0 aromatic heterocycles. The second-order valence-electron chi connectivity index (χ2n) is 4.80. The number of aryl methyl sites for hydroxylation is 1. The van der Waals surface area contributed by atoms with Crippen LogP contribution in [0.15, 0.2) is 53.4 Å². The number of nitrogens with two attached hydrogens (primary N) is 1. The maximum atomic E-state index is 12.1. The topological polar surface area (TPSA) is 124 Å². The van der Waals surface area contributed by atoms with Crippen LogP contribution in [0.1, 0.15) is 15.9 Å². The molecule has 0 aliphatic heterocycles. The smallest absolute Gasteiger partial charge is 0.298 e. The van der Waals surface area contributed by atoms with Gasteiger partial charge in [0.1, 0.15) is 6.29 Å². The van der Waals surface area contributed by atoms with E-state index >= 15 is 0 Å². The first-order valence-corrected chi connectivity index (χ1v) is 9.31. The van der Waals surface area contributed by atoms with Crippen molar-refractivity contribution < 1.29 is 25.3 Å². The van der Waals surface area contributed by atoms with E-state index in [1.165, 1.54) is 24.3 Å². The van der Waals surface area contributed by atoms with Gasteiger partial charge in [-0.25, -0.2) is 5.84 Å². The largest absolute Gasteiger partial charge is 0.390 e. The number of nitrogens with zero attached hydrogens (tertiary/aromatic N) is 1. The maximum absolute atomic E-state index is 12.1. The summed E-state index contributed by atoms with van der Waals surface area (Å²) in [5, 5.41) is 0. The number of hydrazine groups is 1. The lowest BCUT2D eigenvalue weighted by atomic mass is 10.2. The Hall–Kier alpha value is -2.27. The Balaban J connectivity index is 2.29. The Kier molecular flexibility index (Phi) is 5.04. The van der Waals surface area contributed by atoms with Gasteiger partial charge in [0.15, 0.2) is 0 Å². The zero-order valence-electron chi connectivity index (χ0n) is 12.5. The third-order valence-electron chi connectivity index (χ3n) is 3.01. The molecule has 0 heterocycles. The Bertz CT molecular complexity index is 936. The van der Waals surface area contributed by atoms with Crippen LogP contribution >= 0.6 is 0 Å². The molecular formula is C14H14N2O6S2. The van der Waals surface area contributed by atoms with E-state index in [2.05, 4.69) is 3.63 Å². The number of carbonyl (C=O) groups excluding carboxylic acids is 1. The van der Waals surface area contributed by atoms with Gasteiger partial charge in [0.2, 0.25) is 0 Å². The maximum Gasteiger partial charge on any atom is 0.390 e. The minimum absolute atomic E-state index is 0.0344. The van der Waals surface area contributed by atoms with Crippen LogP contribution in [-0.4, -0.2) is 23.1 Å². The predicted molar refractivity (Wildman–Crippen MR) is 86.9 cm³/mol. The van der Waals surface area contributed by atoms with E-state index in [1.807, 2.05) is 0 Å². The summed E-state index contributed by atoms with van der Waals surface area (Å²) in [4.78, 5) is 10.1. The standard InChI is InChI=1S/C14H14N2O6S2/c1-11-2-6-13(7-3-11)16(15)24(20,21)22-23(18,19)14-8-4-12(10-17)5-9-14/h2-10H,15H2,1H3. The molecule has 0 saturated carbocycles. The van der Waals surface area contributed by atoms with Crippen molar-refractivity contribution in [2.45, 2.75) is 11.8 Å². The fraction of sp³-hybridized carbons (Fsp3) is 0.0714. The van der Waals surface area contributed by atoms with Gasteiger partial charge in [-0.15, -0.1) is 3.63 Å². The summed E-state index contributed by atoms with van der Waals surface area (Å²) in [6, 6.07) is 10.6. The number of carbonyl (C=O) groups is 1. The van der Waals surface area contributed by atoms with E-state index in [-0.39, 0.29) is 15.7 Å². The second-order valence-corrected chi connectivity index (χ2v) is 7.97. The third-order valence-corrected chi connectivity index (χ3v) is 5.96. The minimum Gasteiger partial charge on any atom is -0.298 e. The molecule has 2 N–H and O–H groups in total. The molecule has 8 nitrogen and oxygen atoms in total. The number of hydrogen-bond donors (Lipinski definition) is 1. The van der Waals surface area contributed by atoms with Crippen molar-refractivity contribution in [2.24, 2.45) is 5.84 Å². The van der Waals surface area contributed by atoms with E-state index in [9.17, 15) is 21.6 Å². The van der Waals surface area contributed by atoms with Crippen LogP contribution < -0.4 is 10.3 Å². The van der Waals surface area contributed by atoms with Crippen molar-refractivity contribution in [1.29, 1.82) is 0 Å². The summed E-state index contributed by atoms with van der Waals surface area (Å²) < 4.78 is 52.8. The highest BCUT2D eigenvalue weighted by Crippen LogP contribution is 2.20. The average molecular weight is 370 g/mol. The molecule has 0 saturated heterocycles. The second kappa shape index (κ2) is 6.69. The van der Waals surface area contributed by atoms with Crippen LogP contribution in [0.25, 0.3) is 0 Å². The molecule has 24 heavy (non-hydrogen) atoms. The molecule has 2 aromatic rings. The Morgan fingerprint density at radius 1 is 0.958 bits per heavy atom. The monoisotopic (exact) mass is 370 g/mol. The molecule has 0 fully saturated rings. The Morgan fingerprint density at radius 2 is 1.50 bits per heavy atom. The lowest BCUT2D eigenvalue weighted by Crippen LogP contribution is -2.39. The van der Waals surface area contributed by atoms with Crippen molar-refractivity contribution >= 4 is 32.4 Å². The van der Waals surface area contributed by atoms with Gasteiger partial charge >= 0.3 is 20.4 Å². The summed E-state index contributed by atoms with van der Waals surface area (Å²) in [6.45, 7) is 1.79. The van der Waals surface area contributed by atoms with Crippen LogP contribution in [0.3, 0.4) is 0 Å². The van der Waals surface area contributed by atoms with Gasteiger partial charge in [-0.2, -0.15) is 21.2 Å². The normalized spacial score (nSPS) is 11.9. The van der Waals surface area contributed by atoms with Crippen LogP contribution in [0, 0.1) is 6.92 Å².